The van der Waals surface area contributed by atoms with Crippen molar-refractivity contribution >= 4 is 17.6 Å². The van der Waals surface area contributed by atoms with Gasteiger partial charge in [0.25, 0.3) is 0 Å². The van der Waals surface area contributed by atoms with E-state index in [0.29, 0.717) is 24.1 Å². The fourth-order valence-electron chi connectivity index (χ4n) is 1.95. The maximum absolute atomic E-state index is 6.01. The van der Waals surface area contributed by atoms with Gasteiger partial charge in [-0.1, -0.05) is 23.7 Å². The molecule has 0 amide bonds. The summed E-state index contributed by atoms with van der Waals surface area (Å²) in [5.74, 6) is 0.712. The Balaban J connectivity index is 2.57. The predicted octanol–water partition coefficient (Wildman–Crippen LogP) is 2.23. The first-order chi connectivity index (χ1) is 10.1. The number of guanidine groups is 1. The zero-order chi connectivity index (χ0) is 15.7. The van der Waals surface area contributed by atoms with Gasteiger partial charge in [-0.15, -0.1) is 0 Å². The van der Waals surface area contributed by atoms with Crippen molar-refractivity contribution in [3.63, 3.8) is 0 Å². The first-order valence-electron chi connectivity index (χ1n) is 6.85. The van der Waals surface area contributed by atoms with Gasteiger partial charge in [-0.25, -0.2) is 0 Å². The third-order valence-electron chi connectivity index (χ3n) is 2.98. The van der Waals surface area contributed by atoms with Crippen molar-refractivity contribution in [2.24, 2.45) is 4.99 Å². The van der Waals surface area contributed by atoms with Gasteiger partial charge < -0.3 is 20.1 Å². The third-order valence-corrected chi connectivity index (χ3v) is 3.22. The molecule has 21 heavy (non-hydrogen) atoms. The van der Waals surface area contributed by atoms with Gasteiger partial charge >= 0.3 is 0 Å². The van der Waals surface area contributed by atoms with Crippen LogP contribution in [0.3, 0.4) is 0 Å². The molecule has 0 aliphatic carbocycles. The van der Waals surface area contributed by atoms with Gasteiger partial charge in [-0.3, -0.25) is 4.99 Å². The number of halogens is 1. The maximum Gasteiger partial charge on any atom is 0.191 e. The van der Waals surface area contributed by atoms with Crippen molar-refractivity contribution in [2.75, 3.05) is 34.4 Å². The number of aliphatic imine (C=N–C) groups is 1. The summed E-state index contributed by atoms with van der Waals surface area (Å²) in [6.07, 6.45) is -0.0972. The highest BCUT2D eigenvalue weighted by Crippen LogP contribution is 2.19. The van der Waals surface area contributed by atoms with Gasteiger partial charge in [0.1, 0.15) is 0 Å². The van der Waals surface area contributed by atoms with Crippen molar-refractivity contribution in [1.29, 1.82) is 0 Å². The SMILES string of the molecule is CN=C(NCC(OC)c1cccc(Cl)c1)NC(C)COC. The standard InChI is InChI=1S/C15H24ClN3O2/c1-11(10-20-3)19-15(17-2)18-9-14(21-4)12-6-5-7-13(16)8-12/h5-8,11,14H,9-10H2,1-4H3,(H2,17,18,19). The molecule has 2 atom stereocenters. The highest BCUT2D eigenvalue weighted by atomic mass is 35.5. The van der Waals surface area contributed by atoms with Crippen LogP contribution in [0.2, 0.25) is 5.02 Å². The smallest absolute Gasteiger partial charge is 0.191 e. The van der Waals surface area contributed by atoms with E-state index in [2.05, 4.69) is 15.6 Å². The van der Waals surface area contributed by atoms with Gasteiger partial charge in [0.2, 0.25) is 0 Å². The Morgan fingerprint density at radius 1 is 1.38 bits per heavy atom. The second-order valence-corrected chi connectivity index (χ2v) is 5.17. The summed E-state index contributed by atoms with van der Waals surface area (Å²) >= 11 is 6.01. The largest absolute Gasteiger partial charge is 0.383 e. The summed E-state index contributed by atoms with van der Waals surface area (Å²) in [4.78, 5) is 4.19. The topological polar surface area (TPSA) is 54.9 Å². The Bertz CT molecular complexity index is 454. The van der Waals surface area contributed by atoms with Gasteiger partial charge in [-0.05, 0) is 24.6 Å². The van der Waals surface area contributed by atoms with Crippen LogP contribution in [0.5, 0.6) is 0 Å². The van der Waals surface area contributed by atoms with E-state index in [1.54, 1.807) is 21.3 Å². The predicted molar refractivity (Wildman–Crippen MR) is 87.0 cm³/mol. The summed E-state index contributed by atoms with van der Waals surface area (Å²) in [6.45, 7) is 3.24. The van der Waals surface area contributed by atoms with Crippen LogP contribution in [0.15, 0.2) is 29.3 Å². The summed E-state index contributed by atoms with van der Waals surface area (Å²) in [5.41, 5.74) is 1.03. The third kappa shape index (κ3) is 6.33. The normalized spacial score (nSPS) is 14.6. The quantitative estimate of drug-likeness (QED) is 0.599. The van der Waals surface area contributed by atoms with Crippen molar-refractivity contribution in [3.05, 3.63) is 34.9 Å². The first kappa shape index (κ1) is 17.8. The molecule has 1 aromatic carbocycles. The number of nitrogens with one attached hydrogen (secondary N) is 2. The van der Waals surface area contributed by atoms with Gasteiger partial charge in [-0.2, -0.15) is 0 Å². The van der Waals surface area contributed by atoms with Gasteiger partial charge in [0.15, 0.2) is 5.96 Å². The number of benzene rings is 1. The van der Waals surface area contributed by atoms with Crippen LogP contribution < -0.4 is 10.6 Å². The van der Waals surface area contributed by atoms with Gasteiger partial charge in [0.05, 0.1) is 12.7 Å². The molecule has 118 valence electrons. The molecule has 0 saturated heterocycles. The Hall–Kier alpha value is -1.30. The van der Waals surface area contributed by atoms with Crippen molar-refractivity contribution in [2.45, 2.75) is 19.1 Å². The van der Waals surface area contributed by atoms with E-state index < -0.39 is 0 Å². The van der Waals surface area contributed by atoms with Crippen LogP contribution in [-0.2, 0) is 9.47 Å². The fraction of sp³-hybridized carbons (Fsp3) is 0.533. The van der Waals surface area contributed by atoms with E-state index in [-0.39, 0.29) is 12.1 Å². The molecule has 1 rings (SSSR count). The van der Waals surface area contributed by atoms with Crippen LogP contribution in [0.4, 0.5) is 0 Å². The molecule has 2 unspecified atom stereocenters. The monoisotopic (exact) mass is 313 g/mol. The molecular weight excluding hydrogens is 290 g/mol. The van der Waals surface area contributed by atoms with Gasteiger partial charge in [0, 0.05) is 38.9 Å². The summed E-state index contributed by atoms with van der Waals surface area (Å²) < 4.78 is 10.6. The van der Waals surface area contributed by atoms with E-state index in [4.69, 9.17) is 21.1 Å². The molecule has 0 aromatic heterocycles. The minimum absolute atomic E-state index is 0.0972. The molecule has 0 saturated carbocycles. The lowest BCUT2D eigenvalue weighted by molar-refractivity contribution is 0.106. The molecule has 2 N–H and O–H groups in total. The lowest BCUT2D eigenvalue weighted by Crippen LogP contribution is -2.45. The Morgan fingerprint density at radius 2 is 2.14 bits per heavy atom. The highest BCUT2D eigenvalue weighted by Gasteiger charge is 2.12. The Labute approximate surface area is 131 Å². The second-order valence-electron chi connectivity index (χ2n) is 4.73. The van der Waals surface area contributed by atoms with E-state index in [9.17, 15) is 0 Å². The molecule has 5 nitrogen and oxygen atoms in total. The van der Waals surface area contributed by atoms with Crippen molar-refractivity contribution < 1.29 is 9.47 Å². The van der Waals surface area contributed by atoms with Crippen LogP contribution in [0.25, 0.3) is 0 Å². The minimum atomic E-state index is -0.0972. The van der Waals surface area contributed by atoms with E-state index in [1.807, 2.05) is 31.2 Å². The molecular formula is C15H24ClN3O2. The fourth-order valence-corrected chi connectivity index (χ4v) is 2.15. The van der Waals surface area contributed by atoms with Crippen LogP contribution in [0.1, 0.15) is 18.6 Å². The van der Waals surface area contributed by atoms with E-state index >= 15 is 0 Å². The van der Waals surface area contributed by atoms with E-state index in [0.717, 1.165) is 5.56 Å². The number of methoxy groups -OCH3 is 2. The number of rotatable bonds is 7. The van der Waals surface area contributed by atoms with Crippen LogP contribution in [0, 0.1) is 0 Å². The molecule has 0 fully saturated rings. The first-order valence-corrected chi connectivity index (χ1v) is 7.22. The second kappa shape index (κ2) is 9.60. The van der Waals surface area contributed by atoms with Crippen molar-refractivity contribution in [3.8, 4) is 0 Å². The molecule has 0 aliphatic heterocycles. The zero-order valence-electron chi connectivity index (χ0n) is 13.0. The number of ether oxygens (including phenoxy) is 2. The molecule has 0 heterocycles. The van der Waals surface area contributed by atoms with E-state index in [1.165, 1.54) is 0 Å². The molecule has 0 spiro atoms. The molecule has 0 bridgehead atoms. The molecule has 6 heteroatoms. The average Bonchev–Trinajstić information content (AvgIpc) is 2.47. The summed E-state index contributed by atoms with van der Waals surface area (Å²) in [7, 11) is 5.08. The van der Waals surface area contributed by atoms with Crippen molar-refractivity contribution in [1.82, 2.24) is 10.6 Å². The highest BCUT2D eigenvalue weighted by molar-refractivity contribution is 6.30. The summed E-state index contributed by atoms with van der Waals surface area (Å²) in [6, 6.07) is 7.83. The number of nitrogens with zero attached hydrogens (tertiary/aromatic N) is 1. The molecule has 0 aliphatic rings. The zero-order valence-corrected chi connectivity index (χ0v) is 13.8. The molecule has 1 aromatic rings. The average molecular weight is 314 g/mol. The number of hydrogen-bond donors (Lipinski definition) is 2. The summed E-state index contributed by atoms with van der Waals surface area (Å²) in [5, 5.41) is 7.18. The maximum atomic E-state index is 6.01. The van der Waals surface area contributed by atoms with Crippen LogP contribution >= 0.6 is 11.6 Å². The molecule has 0 radical (unpaired) electrons. The lowest BCUT2D eigenvalue weighted by atomic mass is 10.1. The lowest BCUT2D eigenvalue weighted by Gasteiger charge is -2.21. The Kier molecular flexibility index (Phi) is 8.12. The van der Waals surface area contributed by atoms with Crippen LogP contribution in [-0.4, -0.2) is 46.4 Å². The minimum Gasteiger partial charge on any atom is -0.383 e. The Morgan fingerprint density at radius 3 is 2.71 bits per heavy atom. The number of hydrogen-bond acceptors (Lipinski definition) is 3.